The summed E-state index contributed by atoms with van der Waals surface area (Å²) in [7, 11) is -9.58. The molecular formula is C11H14F5NOS. The Morgan fingerprint density at radius 2 is 1.47 bits per heavy atom. The van der Waals surface area contributed by atoms with Crippen molar-refractivity contribution < 1.29 is 24.2 Å². The minimum absolute atomic E-state index is 0.0907. The van der Waals surface area contributed by atoms with Gasteiger partial charge in [-0.3, -0.25) is 0 Å². The maximum Gasteiger partial charge on any atom is 0.310 e. The molecule has 0 unspecified atom stereocenters. The molecule has 1 saturated heterocycles. The summed E-state index contributed by atoms with van der Waals surface area (Å²) in [5.74, 6) is 0.178. The summed E-state index contributed by atoms with van der Waals surface area (Å²) in [6.45, 7) is 1.54. The van der Waals surface area contributed by atoms with E-state index < -0.39 is 15.1 Å². The van der Waals surface area contributed by atoms with Crippen LogP contribution in [0.25, 0.3) is 0 Å². The van der Waals surface area contributed by atoms with Crippen LogP contribution in [0.2, 0.25) is 0 Å². The second kappa shape index (κ2) is 3.99. The monoisotopic (exact) mass is 303 g/mol. The number of ether oxygens (including phenoxy) is 1. The summed E-state index contributed by atoms with van der Waals surface area (Å²) < 4.78 is 67.9. The summed E-state index contributed by atoms with van der Waals surface area (Å²) in [6.07, 6.45) is 1.39. The summed E-state index contributed by atoms with van der Waals surface area (Å²) >= 11 is 0. The minimum Gasteiger partial charge on any atom is -0.490 e. The second-order valence-electron chi connectivity index (χ2n) is 4.51. The van der Waals surface area contributed by atoms with Gasteiger partial charge in [0.1, 0.15) is 16.7 Å². The van der Waals surface area contributed by atoms with Crippen LogP contribution >= 0.6 is 10.2 Å². The molecule has 110 valence electrons. The largest absolute Gasteiger partial charge is 0.490 e. The molecule has 1 fully saturated rings. The summed E-state index contributed by atoms with van der Waals surface area (Å²) in [4.78, 5) is -1.89. The third kappa shape index (κ3) is 3.97. The Labute approximate surface area is 107 Å². The Morgan fingerprint density at radius 3 is 1.95 bits per heavy atom. The van der Waals surface area contributed by atoms with E-state index in [1.807, 2.05) is 0 Å². The topological polar surface area (TPSA) is 21.3 Å². The van der Waals surface area contributed by atoms with Crippen LogP contribution in [0, 0.1) is 0 Å². The highest BCUT2D eigenvalue weighted by Gasteiger charge is 2.65. The van der Waals surface area contributed by atoms with Crippen molar-refractivity contribution in [2.75, 3.05) is 13.1 Å². The number of rotatable bonds is 3. The highest BCUT2D eigenvalue weighted by Crippen LogP contribution is 3.02. The Morgan fingerprint density at radius 1 is 0.947 bits per heavy atom. The van der Waals surface area contributed by atoms with Crippen molar-refractivity contribution in [3.05, 3.63) is 24.3 Å². The predicted octanol–water partition coefficient (Wildman–Crippen LogP) is 4.47. The van der Waals surface area contributed by atoms with Crippen LogP contribution in [0.4, 0.5) is 19.4 Å². The van der Waals surface area contributed by atoms with Crippen LogP contribution in [-0.2, 0) is 0 Å². The van der Waals surface area contributed by atoms with E-state index in [1.165, 1.54) is 0 Å². The number of halogens is 5. The van der Waals surface area contributed by atoms with E-state index in [0.717, 1.165) is 38.1 Å². The fourth-order valence-corrected chi connectivity index (χ4v) is 2.53. The molecule has 1 aromatic carbocycles. The van der Waals surface area contributed by atoms with Crippen molar-refractivity contribution in [2.45, 2.75) is 23.8 Å². The molecule has 0 spiro atoms. The van der Waals surface area contributed by atoms with Gasteiger partial charge in [-0.1, -0.05) is 19.4 Å². The van der Waals surface area contributed by atoms with Gasteiger partial charge in [0, 0.05) is 0 Å². The van der Waals surface area contributed by atoms with Crippen LogP contribution in [-0.4, -0.2) is 19.2 Å². The molecule has 1 aliphatic heterocycles. The molecule has 2 nitrogen and oxygen atoms in total. The number of nitrogens with one attached hydrogen (secondary N) is 1. The first kappa shape index (κ1) is 14.4. The van der Waals surface area contributed by atoms with E-state index in [9.17, 15) is 19.4 Å². The summed E-state index contributed by atoms with van der Waals surface area (Å²) in [6, 6.07) is 2.63. The molecule has 1 aliphatic rings. The lowest BCUT2D eigenvalue weighted by atomic mass is 10.1. The van der Waals surface area contributed by atoms with E-state index in [4.69, 9.17) is 4.74 Å². The minimum atomic E-state index is -9.58. The first-order valence-corrected chi connectivity index (χ1v) is 7.71. The zero-order valence-corrected chi connectivity index (χ0v) is 10.7. The molecule has 1 aromatic rings. The van der Waals surface area contributed by atoms with Crippen molar-refractivity contribution in [3.63, 3.8) is 0 Å². The maximum atomic E-state index is 12.5. The van der Waals surface area contributed by atoms with Crippen molar-refractivity contribution in [3.8, 4) is 5.75 Å². The van der Waals surface area contributed by atoms with E-state index in [-0.39, 0.29) is 11.9 Å². The van der Waals surface area contributed by atoms with E-state index >= 15 is 0 Å². The molecule has 0 aliphatic carbocycles. The summed E-state index contributed by atoms with van der Waals surface area (Å²) in [5, 5.41) is 3.12. The zero-order chi connectivity index (χ0) is 14.2. The Hall–Kier alpha value is -1.02. The zero-order valence-electron chi connectivity index (χ0n) is 9.92. The Kier molecular flexibility index (Phi) is 3.02. The van der Waals surface area contributed by atoms with Crippen molar-refractivity contribution in [1.82, 2.24) is 5.32 Å². The van der Waals surface area contributed by atoms with Gasteiger partial charge in [0.05, 0.1) is 0 Å². The van der Waals surface area contributed by atoms with Gasteiger partial charge in [0.25, 0.3) is 0 Å². The summed E-state index contributed by atoms with van der Waals surface area (Å²) in [5.41, 5.74) is 0. The Bertz CT molecular complexity index is 452. The molecule has 0 atom stereocenters. The fraction of sp³-hybridized carbons (Fsp3) is 0.455. The van der Waals surface area contributed by atoms with E-state index in [0.29, 0.717) is 12.1 Å². The molecule has 1 N–H and O–H groups in total. The first-order valence-electron chi connectivity index (χ1n) is 5.76. The molecule has 0 amide bonds. The molecular weight excluding hydrogens is 289 g/mol. The van der Waals surface area contributed by atoms with E-state index in [1.54, 1.807) is 0 Å². The predicted molar refractivity (Wildman–Crippen MR) is 64.4 cm³/mol. The molecule has 2 rings (SSSR count). The van der Waals surface area contributed by atoms with Gasteiger partial charge in [0.15, 0.2) is 0 Å². The maximum absolute atomic E-state index is 12.5. The van der Waals surface area contributed by atoms with Crippen LogP contribution < -0.4 is 10.1 Å². The number of benzene rings is 1. The van der Waals surface area contributed by atoms with Gasteiger partial charge in [-0.15, -0.1) is 0 Å². The van der Waals surface area contributed by atoms with Crippen molar-refractivity contribution >= 4 is 10.2 Å². The average molecular weight is 303 g/mol. The quantitative estimate of drug-likeness (QED) is 0.832. The van der Waals surface area contributed by atoms with Crippen molar-refractivity contribution in [2.24, 2.45) is 0 Å². The standard InChI is InChI=1S/C11H14F5NOS/c12-19(13,14,15,16)11-3-1-9(2-4-11)18-10-5-7-17-8-6-10/h1-4,10,17H,5-8H2. The fourth-order valence-electron chi connectivity index (χ4n) is 1.88. The van der Waals surface area contributed by atoms with Gasteiger partial charge in [-0.25, -0.2) is 0 Å². The van der Waals surface area contributed by atoms with Gasteiger partial charge in [0.2, 0.25) is 0 Å². The third-order valence-corrected chi connectivity index (χ3v) is 4.02. The second-order valence-corrected chi connectivity index (χ2v) is 6.92. The van der Waals surface area contributed by atoms with Gasteiger partial charge < -0.3 is 10.1 Å². The molecule has 1 heterocycles. The van der Waals surface area contributed by atoms with Crippen molar-refractivity contribution in [1.29, 1.82) is 0 Å². The van der Waals surface area contributed by atoms with E-state index in [2.05, 4.69) is 5.32 Å². The lowest BCUT2D eigenvalue weighted by Crippen LogP contribution is -2.34. The molecule has 8 heteroatoms. The molecule has 19 heavy (non-hydrogen) atoms. The molecule has 0 saturated carbocycles. The molecule has 0 bridgehead atoms. The van der Waals surface area contributed by atoms with Gasteiger partial charge in [-0.05, 0) is 50.2 Å². The number of piperidine rings is 1. The van der Waals surface area contributed by atoms with Crippen LogP contribution in [0.3, 0.4) is 0 Å². The normalized spacial score (nSPS) is 21.5. The number of hydrogen-bond donors (Lipinski definition) is 1. The number of hydrogen-bond acceptors (Lipinski definition) is 2. The van der Waals surface area contributed by atoms with Gasteiger partial charge >= 0.3 is 10.2 Å². The molecule has 0 radical (unpaired) electrons. The highest BCUT2D eigenvalue weighted by molar-refractivity contribution is 8.45. The lowest BCUT2D eigenvalue weighted by Gasteiger charge is -2.40. The SMILES string of the molecule is FS(F)(F)(F)(F)c1ccc(OC2CCNCC2)cc1. The van der Waals surface area contributed by atoms with Gasteiger partial charge in [-0.2, -0.15) is 0 Å². The third-order valence-electron chi connectivity index (χ3n) is 2.86. The van der Waals surface area contributed by atoms with Crippen LogP contribution in [0.5, 0.6) is 5.75 Å². The Balaban J connectivity index is 2.11. The highest BCUT2D eigenvalue weighted by atomic mass is 32.5. The molecule has 0 aromatic heterocycles. The van der Waals surface area contributed by atoms with Crippen LogP contribution in [0.1, 0.15) is 12.8 Å². The smallest absolute Gasteiger partial charge is 0.310 e. The first-order chi connectivity index (χ1) is 8.54. The average Bonchev–Trinajstić information content (AvgIpc) is 2.28. The lowest BCUT2D eigenvalue weighted by molar-refractivity contribution is 0.162. The van der Waals surface area contributed by atoms with Crippen LogP contribution in [0.15, 0.2) is 29.2 Å².